The fourth-order valence-corrected chi connectivity index (χ4v) is 1.67. The van der Waals surface area contributed by atoms with Crippen LogP contribution in [0.15, 0.2) is 48.5 Å². The summed E-state index contributed by atoms with van der Waals surface area (Å²) >= 11 is 0. The fourth-order valence-electron chi connectivity index (χ4n) is 1.67. The SMILES string of the molecule is Cc1cccc(OC(=O)c2ccccc2OC(N)=O)c1. The average molecular weight is 271 g/mol. The van der Waals surface area contributed by atoms with Gasteiger partial charge in [0.25, 0.3) is 0 Å². The van der Waals surface area contributed by atoms with Gasteiger partial charge < -0.3 is 15.2 Å². The molecule has 0 aliphatic carbocycles. The van der Waals surface area contributed by atoms with Gasteiger partial charge in [0.15, 0.2) is 0 Å². The number of esters is 1. The van der Waals surface area contributed by atoms with Crippen molar-refractivity contribution >= 4 is 12.1 Å². The van der Waals surface area contributed by atoms with Crippen LogP contribution in [0.2, 0.25) is 0 Å². The zero-order valence-electron chi connectivity index (χ0n) is 10.8. The Labute approximate surface area is 115 Å². The van der Waals surface area contributed by atoms with Gasteiger partial charge in [0.2, 0.25) is 0 Å². The van der Waals surface area contributed by atoms with E-state index in [9.17, 15) is 9.59 Å². The monoisotopic (exact) mass is 271 g/mol. The maximum absolute atomic E-state index is 12.1. The summed E-state index contributed by atoms with van der Waals surface area (Å²) in [5.41, 5.74) is 6.05. The Balaban J connectivity index is 2.23. The largest absolute Gasteiger partial charge is 0.423 e. The third-order valence-electron chi connectivity index (χ3n) is 2.52. The lowest BCUT2D eigenvalue weighted by atomic mass is 10.2. The Kier molecular flexibility index (Phi) is 4.00. The summed E-state index contributed by atoms with van der Waals surface area (Å²) in [6, 6.07) is 13.3. The summed E-state index contributed by atoms with van der Waals surface area (Å²) in [6.07, 6.45) is -0.985. The smallest absolute Gasteiger partial charge is 0.409 e. The van der Waals surface area contributed by atoms with E-state index in [1.807, 2.05) is 13.0 Å². The van der Waals surface area contributed by atoms with Gasteiger partial charge in [-0.15, -0.1) is 0 Å². The molecule has 0 aliphatic rings. The Bertz CT molecular complexity index is 652. The van der Waals surface area contributed by atoms with Crippen LogP contribution in [-0.2, 0) is 0 Å². The standard InChI is InChI=1S/C15H13NO4/c1-10-5-4-6-11(9-10)19-14(17)12-7-2-3-8-13(12)20-15(16)18/h2-9H,1H3,(H2,16,18). The molecule has 0 heterocycles. The molecule has 5 nitrogen and oxygen atoms in total. The summed E-state index contributed by atoms with van der Waals surface area (Å²) in [6.45, 7) is 1.89. The Morgan fingerprint density at radius 1 is 1.00 bits per heavy atom. The van der Waals surface area contributed by atoms with Crippen LogP contribution >= 0.6 is 0 Å². The van der Waals surface area contributed by atoms with Crippen LogP contribution in [0.25, 0.3) is 0 Å². The second-order valence-electron chi connectivity index (χ2n) is 4.12. The summed E-state index contributed by atoms with van der Waals surface area (Å²) in [7, 11) is 0. The van der Waals surface area contributed by atoms with Gasteiger partial charge in [-0.3, -0.25) is 0 Å². The number of benzene rings is 2. The van der Waals surface area contributed by atoms with E-state index < -0.39 is 12.1 Å². The Morgan fingerprint density at radius 3 is 2.45 bits per heavy atom. The van der Waals surface area contributed by atoms with Gasteiger partial charge in [0, 0.05) is 0 Å². The van der Waals surface area contributed by atoms with Gasteiger partial charge in [0.1, 0.15) is 17.1 Å². The van der Waals surface area contributed by atoms with Crippen LogP contribution in [0.3, 0.4) is 0 Å². The molecule has 2 aromatic carbocycles. The second kappa shape index (κ2) is 5.88. The summed E-state index contributed by atoms with van der Waals surface area (Å²) in [5.74, 6) is -0.131. The normalized spacial score (nSPS) is 9.85. The van der Waals surface area contributed by atoms with Crippen LogP contribution in [0.1, 0.15) is 15.9 Å². The molecule has 0 saturated heterocycles. The van der Waals surface area contributed by atoms with E-state index in [4.69, 9.17) is 15.2 Å². The number of amides is 1. The third-order valence-corrected chi connectivity index (χ3v) is 2.52. The van der Waals surface area contributed by atoms with Crippen molar-refractivity contribution in [1.82, 2.24) is 0 Å². The number of ether oxygens (including phenoxy) is 2. The molecular weight excluding hydrogens is 258 g/mol. The van der Waals surface area contributed by atoms with Gasteiger partial charge in [-0.2, -0.15) is 0 Å². The quantitative estimate of drug-likeness (QED) is 0.687. The number of hydrogen-bond acceptors (Lipinski definition) is 4. The van der Waals surface area contributed by atoms with Crippen molar-refractivity contribution in [1.29, 1.82) is 0 Å². The first-order chi connectivity index (χ1) is 9.56. The first kappa shape index (κ1) is 13.6. The topological polar surface area (TPSA) is 78.6 Å². The molecule has 2 aromatic rings. The summed E-state index contributed by atoms with van der Waals surface area (Å²) in [5, 5.41) is 0. The highest BCUT2D eigenvalue weighted by atomic mass is 16.6. The zero-order valence-corrected chi connectivity index (χ0v) is 10.8. The van der Waals surface area contributed by atoms with Crippen molar-refractivity contribution in [3.63, 3.8) is 0 Å². The van der Waals surface area contributed by atoms with Crippen LogP contribution in [0.5, 0.6) is 11.5 Å². The maximum Gasteiger partial charge on any atom is 0.409 e. The van der Waals surface area contributed by atoms with E-state index >= 15 is 0 Å². The number of aryl methyl sites for hydroxylation is 1. The molecule has 20 heavy (non-hydrogen) atoms. The molecule has 2 N–H and O–H groups in total. The van der Waals surface area contributed by atoms with Gasteiger partial charge in [-0.1, -0.05) is 24.3 Å². The first-order valence-electron chi connectivity index (χ1n) is 5.91. The number of carbonyl (C=O) groups is 2. The Hall–Kier alpha value is -2.82. The van der Waals surface area contributed by atoms with E-state index in [0.29, 0.717) is 5.75 Å². The molecule has 0 aliphatic heterocycles. The molecule has 2 rings (SSSR count). The van der Waals surface area contributed by atoms with Crippen molar-refractivity contribution in [3.8, 4) is 11.5 Å². The first-order valence-corrected chi connectivity index (χ1v) is 5.91. The number of carbonyl (C=O) groups excluding carboxylic acids is 2. The van der Waals surface area contributed by atoms with Crippen LogP contribution < -0.4 is 15.2 Å². The lowest BCUT2D eigenvalue weighted by molar-refractivity contribution is 0.0732. The van der Waals surface area contributed by atoms with Gasteiger partial charge >= 0.3 is 12.1 Å². The van der Waals surface area contributed by atoms with Crippen molar-refractivity contribution in [3.05, 3.63) is 59.7 Å². The van der Waals surface area contributed by atoms with Crippen molar-refractivity contribution in [2.45, 2.75) is 6.92 Å². The van der Waals surface area contributed by atoms with Crippen molar-refractivity contribution in [2.75, 3.05) is 0 Å². The lowest BCUT2D eigenvalue weighted by Gasteiger charge is -2.08. The number of nitrogens with two attached hydrogens (primary N) is 1. The van der Waals surface area contributed by atoms with E-state index in [1.54, 1.807) is 30.3 Å². The lowest BCUT2D eigenvalue weighted by Crippen LogP contribution is -2.19. The predicted molar refractivity (Wildman–Crippen MR) is 72.8 cm³/mol. The van der Waals surface area contributed by atoms with Gasteiger partial charge in [0.05, 0.1) is 0 Å². The minimum Gasteiger partial charge on any atom is -0.423 e. The van der Waals surface area contributed by atoms with Crippen molar-refractivity contribution in [2.24, 2.45) is 5.73 Å². The molecule has 0 unspecified atom stereocenters. The maximum atomic E-state index is 12.1. The van der Waals surface area contributed by atoms with Crippen LogP contribution in [0.4, 0.5) is 4.79 Å². The summed E-state index contributed by atoms with van der Waals surface area (Å²) < 4.78 is 10.00. The highest BCUT2D eigenvalue weighted by Crippen LogP contribution is 2.21. The molecule has 0 fully saturated rings. The van der Waals surface area contributed by atoms with E-state index in [-0.39, 0.29) is 11.3 Å². The summed E-state index contributed by atoms with van der Waals surface area (Å²) in [4.78, 5) is 22.9. The predicted octanol–water partition coefficient (Wildman–Crippen LogP) is 2.67. The van der Waals surface area contributed by atoms with Crippen molar-refractivity contribution < 1.29 is 19.1 Å². The number of rotatable bonds is 3. The third kappa shape index (κ3) is 3.35. The number of primary amides is 1. The van der Waals surface area contributed by atoms with Crippen LogP contribution in [0, 0.1) is 6.92 Å². The number of para-hydroxylation sites is 1. The molecule has 0 aromatic heterocycles. The highest BCUT2D eigenvalue weighted by molar-refractivity contribution is 5.94. The van der Waals surface area contributed by atoms with Crippen LogP contribution in [-0.4, -0.2) is 12.1 Å². The molecule has 0 atom stereocenters. The second-order valence-corrected chi connectivity index (χ2v) is 4.12. The molecule has 0 spiro atoms. The average Bonchev–Trinajstić information content (AvgIpc) is 2.38. The van der Waals surface area contributed by atoms with Gasteiger partial charge in [-0.25, -0.2) is 9.59 Å². The molecule has 1 amide bonds. The van der Waals surface area contributed by atoms with E-state index in [2.05, 4.69) is 0 Å². The van der Waals surface area contributed by atoms with E-state index in [1.165, 1.54) is 12.1 Å². The number of hydrogen-bond donors (Lipinski definition) is 1. The molecule has 0 radical (unpaired) electrons. The van der Waals surface area contributed by atoms with E-state index in [0.717, 1.165) is 5.56 Å². The molecule has 0 bridgehead atoms. The molecule has 5 heteroatoms. The zero-order chi connectivity index (χ0) is 14.5. The molecule has 102 valence electrons. The fraction of sp³-hybridized carbons (Fsp3) is 0.0667. The minimum atomic E-state index is -0.985. The Morgan fingerprint density at radius 2 is 1.75 bits per heavy atom. The minimum absolute atomic E-state index is 0.0673. The molecular formula is C15H13NO4. The molecule has 0 saturated carbocycles. The van der Waals surface area contributed by atoms with Gasteiger partial charge in [-0.05, 0) is 36.8 Å². The highest BCUT2D eigenvalue weighted by Gasteiger charge is 2.15.